The SMILES string of the molecule is CC(C)(C)OC(=O)N(CC(=O)O)c1cccc(CN(Cc2ccc(C3(Cc4ccccc4)CC3)cc2)S(=O)(=O)c2ccccn2)n1. The van der Waals surface area contributed by atoms with Crippen LogP contribution in [-0.4, -0.2) is 52.0 Å². The van der Waals surface area contributed by atoms with Crippen LogP contribution in [0, 0.1) is 0 Å². The van der Waals surface area contributed by atoms with Gasteiger partial charge in [0.1, 0.15) is 18.0 Å². The number of carboxylic acids is 1. The molecule has 1 fully saturated rings. The highest BCUT2D eigenvalue weighted by molar-refractivity contribution is 7.89. The third-order valence-corrected chi connectivity index (χ3v) is 9.43. The molecule has 4 aromatic rings. The number of benzene rings is 2. The largest absolute Gasteiger partial charge is 0.480 e. The molecular weight excluding hydrogens is 604 g/mol. The van der Waals surface area contributed by atoms with Crippen molar-refractivity contribution < 1.29 is 27.9 Å². The summed E-state index contributed by atoms with van der Waals surface area (Å²) in [5.74, 6) is -1.22. The minimum Gasteiger partial charge on any atom is -0.480 e. The Labute approximate surface area is 269 Å². The third kappa shape index (κ3) is 8.15. The Morgan fingerprint density at radius 1 is 0.870 bits per heavy atom. The van der Waals surface area contributed by atoms with Gasteiger partial charge in [-0.25, -0.2) is 23.2 Å². The average Bonchev–Trinajstić information content (AvgIpc) is 3.80. The van der Waals surface area contributed by atoms with Crippen molar-refractivity contribution in [3.05, 3.63) is 120 Å². The molecule has 0 spiro atoms. The first-order valence-electron chi connectivity index (χ1n) is 15.1. The molecule has 0 unspecified atom stereocenters. The molecule has 1 N–H and O–H groups in total. The second-order valence-electron chi connectivity index (χ2n) is 12.5. The molecule has 2 aromatic carbocycles. The van der Waals surface area contributed by atoms with Crippen LogP contribution in [0.4, 0.5) is 10.6 Å². The highest BCUT2D eigenvalue weighted by Gasteiger charge is 2.44. The Morgan fingerprint density at radius 3 is 2.17 bits per heavy atom. The van der Waals surface area contributed by atoms with E-state index < -0.39 is 34.2 Å². The summed E-state index contributed by atoms with van der Waals surface area (Å²) in [6.07, 6.45) is 3.71. The zero-order chi connectivity index (χ0) is 33.0. The fourth-order valence-corrected chi connectivity index (χ4v) is 6.64. The summed E-state index contributed by atoms with van der Waals surface area (Å²) in [6, 6.07) is 27.9. The molecule has 1 saturated carbocycles. The van der Waals surface area contributed by atoms with Gasteiger partial charge in [0.05, 0.1) is 12.2 Å². The molecule has 1 aliphatic rings. The number of carboxylic acid groups (broad SMARTS) is 1. The van der Waals surface area contributed by atoms with Gasteiger partial charge in [-0.3, -0.25) is 9.69 Å². The van der Waals surface area contributed by atoms with Crippen LogP contribution in [-0.2, 0) is 44.5 Å². The van der Waals surface area contributed by atoms with E-state index in [1.807, 2.05) is 18.2 Å². The maximum absolute atomic E-state index is 13.9. The summed E-state index contributed by atoms with van der Waals surface area (Å²) < 4.78 is 34.5. The summed E-state index contributed by atoms with van der Waals surface area (Å²) in [7, 11) is -4.07. The molecule has 46 heavy (non-hydrogen) atoms. The number of carbonyl (C=O) groups is 2. The lowest BCUT2D eigenvalue weighted by Gasteiger charge is -2.26. The number of anilines is 1. The number of pyridine rings is 2. The lowest BCUT2D eigenvalue weighted by molar-refractivity contribution is -0.135. The van der Waals surface area contributed by atoms with Gasteiger partial charge in [0.15, 0.2) is 5.03 Å². The van der Waals surface area contributed by atoms with Crippen molar-refractivity contribution in [2.24, 2.45) is 0 Å². The fraction of sp³-hybridized carbons (Fsp3) is 0.314. The van der Waals surface area contributed by atoms with Crippen molar-refractivity contribution >= 4 is 27.9 Å². The Bertz CT molecular complexity index is 1770. The molecule has 11 heteroatoms. The summed E-state index contributed by atoms with van der Waals surface area (Å²) in [4.78, 5) is 34.0. The minimum absolute atomic E-state index is 0.0295. The molecule has 0 radical (unpaired) electrons. The van der Waals surface area contributed by atoms with Crippen LogP contribution in [0.15, 0.2) is 102 Å². The van der Waals surface area contributed by atoms with Gasteiger partial charge in [0, 0.05) is 12.7 Å². The minimum atomic E-state index is -4.07. The average molecular weight is 643 g/mol. The van der Waals surface area contributed by atoms with E-state index in [4.69, 9.17) is 4.74 Å². The highest BCUT2D eigenvalue weighted by Crippen LogP contribution is 2.50. The van der Waals surface area contributed by atoms with Gasteiger partial charge < -0.3 is 9.84 Å². The quantitative estimate of drug-likeness (QED) is 0.200. The fourth-order valence-electron chi connectivity index (χ4n) is 5.31. The van der Waals surface area contributed by atoms with E-state index >= 15 is 0 Å². The Kier molecular flexibility index (Phi) is 9.55. The highest BCUT2D eigenvalue weighted by atomic mass is 32.2. The summed E-state index contributed by atoms with van der Waals surface area (Å²) >= 11 is 0. The molecule has 1 amide bonds. The first-order chi connectivity index (χ1) is 21.8. The van der Waals surface area contributed by atoms with Gasteiger partial charge in [-0.05, 0) is 86.4 Å². The van der Waals surface area contributed by atoms with E-state index in [0.29, 0.717) is 5.69 Å². The van der Waals surface area contributed by atoms with Crippen molar-refractivity contribution in [3.8, 4) is 0 Å². The maximum atomic E-state index is 13.9. The van der Waals surface area contributed by atoms with Crippen molar-refractivity contribution in [3.63, 3.8) is 0 Å². The molecule has 0 aliphatic heterocycles. The molecular formula is C35H38N4O6S. The second kappa shape index (κ2) is 13.4. The van der Waals surface area contributed by atoms with Crippen LogP contribution in [0.3, 0.4) is 0 Å². The lowest BCUT2D eigenvalue weighted by atomic mass is 9.88. The number of amides is 1. The first kappa shape index (κ1) is 32.8. The Hall–Kier alpha value is -4.61. The third-order valence-electron chi connectivity index (χ3n) is 7.72. The van der Waals surface area contributed by atoms with E-state index in [2.05, 4.69) is 46.4 Å². The summed E-state index contributed by atoms with van der Waals surface area (Å²) in [5.41, 5.74) is 2.85. The number of hydrogen-bond donors (Lipinski definition) is 1. The van der Waals surface area contributed by atoms with Crippen LogP contribution in [0.1, 0.15) is 56.0 Å². The predicted molar refractivity (Wildman–Crippen MR) is 174 cm³/mol. The van der Waals surface area contributed by atoms with Crippen LogP contribution in [0.2, 0.25) is 0 Å². The Balaban J connectivity index is 1.42. The smallest absolute Gasteiger partial charge is 0.416 e. The number of aliphatic carboxylic acids is 1. The van der Waals surface area contributed by atoms with Crippen LogP contribution in [0.5, 0.6) is 0 Å². The summed E-state index contributed by atoms with van der Waals surface area (Å²) in [5, 5.41) is 9.37. The topological polar surface area (TPSA) is 130 Å². The second-order valence-corrected chi connectivity index (χ2v) is 14.4. The van der Waals surface area contributed by atoms with Crippen LogP contribution < -0.4 is 4.90 Å². The maximum Gasteiger partial charge on any atom is 0.416 e. The number of sulfonamides is 1. The Morgan fingerprint density at radius 2 is 1.57 bits per heavy atom. The van der Waals surface area contributed by atoms with Gasteiger partial charge in [0.25, 0.3) is 10.0 Å². The molecule has 10 nitrogen and oxygen atoms in total. The number of ether oxygens (including phenoxy) is 1. The van der Waals surface area contributed by atoms with E-state index in [1.165, 1.54) is 33.8 Å². The molecule has 5 rings (SSSR count). The lowest BCUT2D eigenvalue weighted by Crippen LogP contribution is -2.40. The standard InChI is InChI=1S/C35H38N4O6S/c1-34(2,3)45-33(42)39(25-32(40)41)30-13-9-12-29(37-30)24-38(46(43,44)31-14-7-8-21-36-31)23-27-15-17-28(18-16-27)35(19-20-35)22-26-10-5-4-6-11-26/h4-18,21H,19-20,22-25H2,1-3H3,(H,40,41). The van der Waals surface area contributed by atoms with Crippen molar-refractivity contribution in [2.45, 2.75) is 69.2 Å². The number of rotatable bonds is 12. The van der Waals surface area contributed by atoms with Gasteiger partial charge in [-0.2, -0.15) is 4.31 Å². The summed E-state index contributed by atoms with van der Waals surface area (Å²) in [6.45, 7) is 4.24. The number of carbonyl (C=O) groups excluding carboxylic acids is 1. The van der Waals surface area contributed by atoms with Crippen molar-refractivity contribution in [1.82, 2.24) is 14.3 Å². The van der Waals surface area contributed by atoms with Crippen molar-refractivity contribution in [2.75, 3.05) is 11.4 Å². The molecule has 240 valence electrons. The van der Waals surface area contributed by atoms with Crippen LogP contribution in [0.25, 0.3) is 0 Å². The van der Waals surface area contributed by atoms with Crippen LogP contribution >= 0.6 is 0 Å². The van der Waals surface area contributed by atoms with Gasteiger partial charge >= 0.3 is 12.1 Å². The normalized spacial score (nSPS) is 14.1. The predicted octanol–water partition coefficient (Wildman–Crippen LogP) is 5.97. The molecule has 2 aromatic heterocycles. The number of aromatic nitrogens is 2. The van der Waals surface area contributed by atoms with E-state index in [0.717, 1.165) is 29.7 Å². The monoisotopic (exact) mass is 642 g/mol. The van der Waals surface area contributed by atoms with Gasteiger partial charge in [0.2, 0.25) is 0 Å². The number of nitrogens with zero attached hydrogens (tertiary/aromatic N) is 4. The van der Waals surface area contributed by atoms with Gasteiger partial charge in [-0.1, -0.05) is 66.7 Å². The molecule has 0 bridgehead atoms. The molecule has 0 saturated heterocycles. The molecule has 0 atom stereocenters. The number of hydrogen-bond acceptors (Lipinski definition) is 7. The molecule has 1 aliphatic carbocycles. The van der Waals surface area contributed by atoms with Crippen molar-refractivity contribution in [1.29, 1.82) is 0 Å². The molecule has 2 heterocycles. The zero-order valence-electron chi connectivity index (χ0n) is 26.2. The van der Waals surface area contributed by atoms with E-state index in [9.17, 15) is 23.1 Å². The van der Waals surface area contributed by atoms with E-state index in [-0.39, 0.29) is 29.3 Å². The zero-order valence-corrected chi connectivity index (χ0v) is 27.0. The van der Waals surface area contributed by atoms with Gasteiger partial charge in [-0.15, -0.1) is 0 Å². The first-order valence-corrected chi connectivity index (χ1v) is 16.5. The van der Waals surface area contributed by atoms with E-state index in [1.54, 1.807) is 45.0 Å².